The molecule has 0 aliphatic carbocycles. The maximum atomic E-state index is 12.8. The Morgan fingerprint density at radius 3 is 2.92 bits per heavy atom. The van der Waals surface area contributed by atoms with Gasteiger partial charge in [-0.15, -0.1) is 5.10 Å². The van der Waals surface area contributed by atoms with E-state index in [1.54, 1.807) is 17.0 Å². The molecule has 26 heavy (non-hydrogen) atoms. The van der Waals surface area contributed by atoms with Gasteiger partial charge in [0.2, 0.25) is 5.88 Å². The van der Waals surface area contributed by atoms with E-state index in [9.17, 15) is 4.79 Å². The van der Waals surface area contributed by atoms with Crippen molar-refractivity contribution in [2.24, 2.45) is 0 Å². The Hall–Kier alpha value is -3.29. The highest BCUT2D eigenvalue weighted by molar-refractivity contribution is 5.95. The van der Waals surface area contributed by atoms with Gasteiger partial charge < -0.3 is 9.64 Å². The van der Waals surface area contributed by atoms with Crippen LogP contribution in [0.4, 0.5) is 0 Å². The van der Waals surface area contributed by atoms with Crippen molar-refractivity contribution in [1.29, 1.82) is 0 Å². The van der Waals surface area contributed by atoms with Crippen LogP contribution in [-0.4, -0.2) is 55.2 Å². The quantitative estimate of drug-likeness (QED) is 0.711. The molecule has 1 aliphatic heterocycles. The predicted octanol–water partition coefficient (Wildman–Crippen LogP) is 1.66. The summed E-state index contributed by atoms with van der Waals surface area (Å²) >= 11 is 0. The van der Waals surface area contributed by atoms with E-state index >= 15 is 0 Å². The minimum Gasteiger partial charge on any atom is -0.472 e. The van der Waals surface area contributed by atoms with Crippen LogP contribution in [0.25, 0.3) is 5.69 Å². The number of ether oxygens (including phenoxy) is 1. The summed E-state index contributed by atoms with van der Waals surface area (Å²) in [7, 11) is 0. The van der Waals surface area contributed by atoms with Crippen molar-refractivity contribution in [3.63, 3.8) is 0 Å². The molecule has 1 unspecified atom stereocenters. The lowest BCUT2D eigenvalue weighted by Crippen LogP contribution is -2.31. The predicted molar refractivity (Wildman–Crippen MR) is 93.1 cm³/mol. The highest BCUT2D eigenvalue weighted by Crippen LogP contribution is 2.19. The topological polar surface area (TPSA) is 86.0 Å². The Morgan fingerprint density at radius 1 is 1.23 bits per heavy atom. The second kappa shape index (κ2) is 6.91. The molecule has 1 aromatic carbocycles. The maximum absolute atomic E-state index is 12.8. The monoisotopic (exact) mass is 350 g/mol. The van der Waals surface area contributed by atoms with Crippen LogP contribution in [0.1, 0.15) is 22.5 Å². The number of rotatable bonds is 4. The van der Waals surface area contributed by atoms with Crippen molar-refractivity contribution < 1.29 is 9.53 Å². The van der Waals surface area contributed by atoms with Crippen LogP contribution in [0.15, 0.2) is 48.8 Å². The number of tetrazole rings is 1. The van der Waals surface area contributed by atoms with Crippen LogP contribution >= 0.6 is 0 Å². The van der Waals surface area contributed by atoms with Gasteiger partial charge in [0.1, 0.15) is 12.4 Å². The highest BCUT2D eigenvalue weighted by atomic mass is 16.5. The average molecular weight is 350 g/mol. The van der Waals surface area contributed by atoms with Crippen LogP contribution in [0.3, 0.4) is 0 Å². The molecule has 0 radical (unpaired) electrons. The minimum atomic E-state index is -0.0454. The Labute approximate surface area is 150 Å². The third kappa shape index (κ3) is 3.39. The number of benzene rings is 1. The van der Waals surface area contributed by atoms with Gasteiger partial charge in [-0.25, -0.2) is 9.67 Å². The van der Waals surface area contributed by atoms with Gasteiger partial charge in [-0.1, -0.05) is 12.1 Å². The lowest BCUT2D eigenvalue weighted by molar-refractivity contribution is 0.0771. The van der Waals surface area contributed by atoms with Crippen molar-refractivity contribution in [3.8, 4) is 11.6 Å². The number of hydrogen-bond donors (Lipinski definition) is 0. The Morgan fingerprint density at radius 2 is 2.12 bits per heavy atom. The van der Waals surface area contributed by atoms with Gasteiger partial charge >= 0.3 is 0 Å². The molecule has 0 bridgehead atoms. The van der Waals surface area contributed by atoms with Gasteiger partial charge in [-0.05, 0) is 41.6 Å². The molecule has 1 amide bonds. The van der Waals surface area contributed by atoms with E-state index < -0.39 is 0 Å². The number of amides is 1. The molecule has 0 spiro atoms. The van der Waals surface area contributed by atoms with Gasteiger partial charge in [0, 0.05) is 30.3 Å². The van der Waals surface area contributed by atoms with Gasteiger partial charge in [-0.3, -0.25) is 4.79 Å². The molecular formula is C18H18N6O2. The van der Waals surface area contributed by atoms with Gasteiger partial charge in [0.15, 0.2) is 0 Å². The summed E-state index contributed by atoms with van der Waals surface area (Å²) in [6.07, 6.45) is 2.24. The van der Waals surface area contributed by atoms with E-state index in [0.29, 0.717) is 24.5 Å². The van der Waals surface area contributed by atoms with E-state index in [1.165, 1.54) is 11.0 Å². The average Bonchev–Trinajstić information content (AvgIpc) is 3.33. The number of carbonyl (C=O) groups is 1. The van der Waals surface area contributed by atoms with Crippen molar-refractivity contribution in [2.45, 2.75) is 19.4 Å². The molecule has 1 fully saturated rings. The molecule has 1 saturated heterocycles. The number of carbonyl (C=O) groups excluding carboxylic acids is 1. The highest BCUT2D eigenvalue weighted by Gasteiger charge is 2.28. The van der Waals surface area contributed by atoms with Crippen LogP contribution in [0.5, 0.6) is 5.88 Å². The first-order valence-corrected chi connectivity index (χ1v) is 8.42. The fourth-order valence-electron chi connectivity index (χ4n) is 3.01. The molecule has 0 saturated carbocycles. The van der Waals surface area contributed by atoms with Gasteiger partial charge in [0.05, 0.1) is 12.2 Å². The smallest absolute Gasteiger partial charge is 0.254 e. The van der Waals surface area contributed by atoms with Gasteiger partial charge in [0.25, 0.3) is 5.91 Å². The number of aryl methyl sites for hydroxylation is 1. The number of nitrogens with zero attached hydrogens (tertiary/aromatic N) is 6. The number of likely N-dealkylation sites (tertiary alicyclic amines) is 1. The summed E-state index contributed by atoms with van der Waals surface area (Å²) in [6.45, 7) is 3.13. The number of aromatic nitrogens is 5. The first kappa shape index (κ1) is 16.2. The molecule has 0 N–H and O–H groups in total. The van der Waals surface area contributed by atoms with E-state index in [1.807, 2.05) is 37.3 Å². The lowest BCUT2D eigenvalue weighted by Gasteiger charge is -2.17. The molecule has 8 heteroatoms. The summed E-state index contributed by atoms with van der Waals surface area (Å²) in [5, 5.41) is 11.1. The molecule has 3 heterocycles. The zero-order chi connectivity index (χ0) is 17.9. The normalized spacial score (nSPS) is 16.7. The first-order chi connectivity index (χ1) is 12.7. The third-order valence-corrected chi connectivity index (χ3v) is 4.29. The molecule has 8 nitrogen and oxygen atoms in total. The van der Waals surface area contributed by atoms with Crippen LogP contribution in [0.2, 0.25) is 0 Å². The molecule has 1 aliphatic rings. The van der Waals surface area contributed by atoms with Crippen molar-refractivity contribution >= 4 is 5.91 Å². The van der Waals surface area contributed by atoms with E-state index in [-0.39, 0.29) is 12.0 Å². The molecule has 3 aromatic rings. The largest absolute Gasteiger partial charge is 0.472 e. The summed E-state index contributed by atoms with van der Waals surface area (Å²) in [6, 6.07) is 12.9. The molecule has 1 atom stereocenters. The van der Waals surface area contributed by atoms with Crippen molar-refractivity contribution in [1.82, 2.24) is 30.1 Å². The fourth-order valence-corrected chi connectivity index (χ4v) is 3.01. The summed E-state index contributed by atoms with van der Waals surface area (Å²) in [5.74, 6) is 0.577. The zero-order valence-electron chi connectivity index (χ0n) is 14.3. The molecule has 132 valence electrons. The van der Waals surface area contributed by atoms with Gasteiger partial charge in [-0.2, -0.15) is 0 Å². The number of pyridine rings is 1. The summed E-state index contributed by atoms with van der Waals surface area (Å²) in [4.78, 5) is 19.0. The molecule has 2 aromatic heterocycles. The van der Waals surface area contributed by atoms with Crippen LogP contribution in [-0.2, 0) is 0 Å². The first-order valence-electron chi connectivity index (χ1n) is 8.42. The Kier molecular flexibility index (Phi) is 4.30. The lowest BCUT2D eigenvalue weighted by atomic mass is 10.2. The summed E-state index contributed by atoms with van der Waals surface area (Å²) < 4.78 is 7.44. The SMILES string of the molecule is Cc1cccc(OC2CCN(C(=O)c3cccc(-n4cnnn4)c3)C2)n1. The molecular weight excluding hydrogens is 332 g/mol. The van der Waals surface area contributed by atoms with Crippen LogP contribution < -0.4 is 4.74 Å². The standard InChI is InChI=1S/C18H18N6O2/c1-13-4-2-7-17(20-13)26-16-8-9-23(11-16)18(25)14-5-3-6-15(10-14)24-12-19-21-22-24/h2-7,10,12,16H,8-9,11H2,1H3. The third-order valence-electron chi connectivity index (χ3n) is 4.29. The second-order valence-electron chi connectivity index (χ2n) is 6.20. The van der Waals surface area contributed by atoms with E-state index in [0.717, 1.165) is 17.8 Å². The Balaban J connectivity index is 1.44. The van der Waals surface area contributed by atoms with Crippen molar-refractivity contribution in [2.75, 3.05) is 13.1 Å². The zero-order valence-corrected chi connectivity index (χ0v) is 14.3. The molecule has 4 rings (SSSR count). The number of hydrogen-bond acceptors (Lipinski definition) is 6. The van der Waals surface area contributed by atoms with E-state index in [4.69, 9.17) is 4.74 Å². The second-order valence-corrected chi connectivity index (χ2v) is 6.20. The summed E-state index contributed by atoms with van der Waals surface area (Å²) in [5.41, 5.74) is 2.26. The Bertz CT molecular complexity index is 912. The van der Waals surface area contributed by atoms with Crippen LogP contribution in [0, 0.1) is 6.92 Å². The maximum Gasteiger partial charge on any atom is 0.254 e. The van der Waals surface area contributed by atoms with E-state index in [2.05, 4.69) is 20.5 Å². The fraction of sp³-hybridized carbons (Fsp3) is 0.278. The van der Waals surface area contributed by atoms with Crippen molar-refractivity contribution in [3.05, 3.63) is 60.0 Å². The minimum absolute atomic E-state index is 0.0248.